The van der Waals surface area contributed by atoms with Crippen LogP contribution in [0.25, 0.3) is 0 Å². The summed E-state index contributed by atoms with van der Waals surface area (Å²) >= 11 is 0.947. The Morgan fingerprint density at radius 1 is 1.06 bits per heavy atom. The van der Waals surface area contributed by atoms with Crippen LogP contribution < -0.4 is 0 Å². The molecule has 1 aliphatic rings. The normalized spacial score (nSPS) is 14.9. The van der Waals surface area contributed by atoms with E-state index in [9.17, 15) is 19.8 Å². The highest BCUT2D eigenvalue weighted by Gasteiger charge is 2.16. The molecule has 0 saturated carbocycles. The summed E-state index contributed by atoms with van der Waals surface area (Å²) in [6, 6.07) is 3.99. The first kappa shape index (κ1) is 11.5. The van der Waals surface area contributed by atoms with E-state index >= 15 is 0 Å². The second-order valence-electron chi connectivity index (χ2n) is 3.36. The van der Waals surface area contributed by atoms with Gasteiger partial charge in [0.1, 0.15) is 11.5 Å². The van der Waals surface area contributed by atoms with Crippen molar-refractivity contribution < 1.29 is 19.8 Å². The lowest BCUT2D eigenvalue weighted by Gasteiger charge is -2.08. The van der Waals surface area contributed by atoms with Gasteiger partial charge in [0.2, 0.25) is 0 Å². The fraction of sp³-hybridized carbons (Fsp3) is 0. The first-order valence-electron chi connectivity index (χ1n) is 4.74. The molecular weight excluding hydrogens is 240 g/mol. The maximum atomic E-state index is 11.5. The molecular formula is C12H8O4S. The van der Waals surface area contributed by atoms with Crippen molar-refractivity contribution in [2.75, 3.05) is 0 Å². The van der Waals surface area contributed by atoms with Crippen LogP contribution in [0.15, 0.2) is 46.2 Å². The molecule has 0 radical (unpaired) electrons. The number of carbonyl (C=O) groups excluding carboxylic acids is 2. The number of benzene rings is 1. The van der Waals surface area contributed by atoms with Gasteiger partial charge in [-0.05, 0) is 30.4 Å². The number of aromatic hydroxyl groups is 2. The molecule has 0 unspecified atom stereocenters. The zero-order valence-corrected chi connectivity index (χ0v) is 9.40. The average molecular weight is 248 g/mol. The summed E-state index contributed by atoms with van der Waals surface area (Å²) in [5.74, 6) is -0.636. The van der Waals surface area contributed by atoms with Gasteiger partial charge in [0.25, 0.3) is 0 Å². The van der Waals surface area contributed by atoms with Crippen LogP contribution in [0.3, 0.4) is 0 Å². The van der Waals surface area contributed by atoms with Gasteiger partial charge < -0.3 is 10.2 Å². The van der Waals surface area contributed by atoms with Crippen LogP contribution in [-0.4, -0.2) is 21.8 Å². The Labute approximate surface area is 101 Å². The summed E-state index contributed by atoms with van der Waals surface area (Å²) in [6.07, 6.45) is 3.58. The summed E-state index contributed by atoms with van der Waals surface area (Å²) in [6.45, 7) is 0. The minimum absolute atomic E-state index is 0.0176. The van der Waals surface area contributed by atoms with Crippen LogP contribution in [0.5, 0.6) is 11.5 Å². The molecule has 0 heterocycles. The second kappa shape index (κ2) is 4.47. The summed E-state index contributed by atoms with van der Waals surface area (Å²) in [5.41, 5.74) is 0. The third kappa shape index (κ3) is 2.57. The second-order valence-corrected chi connectivity index (χ2v) is 4.45. The minimum atomic E-state index is -0.294. The first-order chi connectivity index (χ1) is 8.06. The largest absolute Gasteiger partial charge is 0.508 e. The molecule has 0 saturated heterocycles. The fourth-order valence-corrected chi connectivity index (χ4v) is 2.20. The number of hydrogen-bond acceptors (Lipinski definition) is 5. The lowest BCUT2D eigenvalue weighted by molar-refractivity contribution is -0.114. The van der Waals surface area contributed by atoms with E-state index in [-0.39, 0.29) is 28.0 Å². The Kier molecular flexibility index (Phi) is 3.01. The molecule has 0 bridgehead atoms. The molecule has 0 aromatic heterocycles. The molecule has 0 spiro atoms. The van der Waals surface area contributed by atoms with Crippen molar-refractivity contribution in [3.63, 3.8) is 0 Å². The van der Waals surface area contributed by atoms with E-state index in [1.54, 1.807) is 0 Å². The molecule has 4 nitrogen and oxygen atoms in total. The predicted octanol–water partition coefficient (Wildman–Crippen LogP) is 1.78. The number of ketones is 2. The summed E-state index contributed by atoms with van der Waals surface area (Å²) < 4.78 is 0. The van der Waals surface area contributed by atoms with Crippen LogP contribution >= 0.6 is 11.8 Å². The van der Waals surface area contributed by atoms with Gasteiger partial charge >= 0.3 is 0 Å². The van der Waals surface area contributed by atoms with Gasteiger partial charge in [-0.15, -0.1) is 0 Å². The molecule has 5 heteroatoms. The van der Waals surface area contributed by atoms with Crippen LogP contribution in [0, 0.1) is 0 Å². The smallest absolute Gasteiger partial charge is 0.192 e. The van der Waals surface area contributed by atoms with Gasteiger partial charge in [-0.3, -0.25) is 9.59 Å². The highest BCUT2D eigenvalue weighted by molar-refractivity contribution is 8.04. The minimum Gasteiger partial charge on any atom is -0.508 e. The topological polar surface area (TPSA) is 74.6 Å². The lowest BCUT2D eigenvalue weighted by atomic mass is 10.2. The van der Waals surface area contributed by atoms with Crippen molar-refractivity contribution in [2.24, 2.45) is 0 Å². The maximum absolute atomic E-state index is 11.5. The molecule has 1 aliphatic carbocycles. The van der Waals surface area contributed by atoms with Crippen LogP contribution in [0.1, 0.15) is 0 Å². The monoisotopic (exact) mass is 248 g/mol. The fourth-order valence-electron chi connectivity index (χ4n) is 1.27. The lowest BCUT2D eigenvalue weighted by Crippen LogP contribution is -2.04. The summed E-state index contributed by atoms with van der Waals surface area (Å²) in [5, 5.41) is 18.8. The Morgan fingerprint density at radius 2 is 1.82 bits per heavy atom. The number of hydrogen-bond donors (Lipinski definition) is 2. The SMILES string of the molecule is O=C1C=CC(=O)C(Sc2cc(O)ccc2O)=C1. The van der Waals surface area contributed by atoms with Gasteiger partial charge in [-0.25, -0.2) is 0 Å². The average Bonchev–Trinajstić information content (AvgIpc) is 2.28. The number of thioether (sulfide) groups is 1. The Morgan fingerprint density at radius 3 is 2.59 bits per heavy atom. The molecule has 1 aromatic carbocycles. The highest BCUT2D eigenvalue weighted by atomic mass is 32.2. The van der Waals surface area contributed by atoms with Crippen LogP contribution in [-0.2, 0) is 9.59 Å². The Bertz CT molecular complexity index is 558. The third-order valence-electron chi connectivity index (χ3n) is 2.08. The zero-order valence-electron chi connectivity index (χ0n) is 8.58. The van der Waals surface area contributed by atoms with Gasteiger partial charge in [0.05, 0.1) is 9.80 Å². The number of carbonyl (C=O) groups is 2. The van der Waals surface area contributed by atoms with Crippen LogP contribution in [0.4, 0.5) is 0 Å². The van der Waals surface area contributed by atoms with E-state index in [2.05, 4.69) is 0 Å². The molecule has 86 valence electrons. The molecule has 1 aromatic rings. The van der Waals surface area contributed by atoms with Crippen molar-refractivity contribution in [1.29, 1.82) is 0 Å². The highest BCUT2D eigenvalue weighted by Crippen LogP contribution is 2.37. The van der Waals surface area contributed by atoms with E-state index < -0.39 is 0 Å². The van der Waals surface area contributed by atoms with Crippen molar-refractivity contribution in [3.05, 3.63) is 41.3 Å². The maximum Gasteiger partial charge on any atom is 0.192 e. The van der Waals surface area contributed by atoms with Crippen LogP contribution in [0.2, 0.25) is 0 Å². The van der Waals surface area contributed by atoms with Gasteiger partial charge in [0, 0.05) is 6.08 Å². The summed E-state index contributed by atoms with van der Waals surface area (Å²) in [4.78, 5) is 23.1. The standard InChI is InChI=1S/C12H8O4S/c13-7-1-3-9(15)11(5-7)17-12-6-8(14)2-4-10(12)16/h1-6,13,15H. The molecule has 0 amide bonds. The van der Waals surface area contributed by atoms with Gasteiger partial charge in [-0.1, -0.05) is 11.8 Å². The van der Waals surface area contributed by atoms with Gasteiger partial charge in [0.15, 0.2) is 11.6 Å². The van der Waals surface area contributed by atoms with E-state index in [4.69, 9.17) is 0 Å². The number of phenols is 2. The number of allylic oxidation sites excluding steroid dienone is 4. The van der Waals surface area contributed by atoms with Crippen molar-refractivity contribution >= 4 is 23.3 Å². The van der Waals surface area contributed by atoms with Gasteiger partial charge in [-0.2, -0.15) is 0 Å². The van der Waals surface area contributed by atoms with E-state index in [0.717, 1.165) is 11.8 Å². The molecule has 2 rings (SSSR count). The van der Waals surface area contributed by atoms with Crippen molar-refractivity contribution in [3.8, 4) is 11.5 Å². The van der Waals surface area contributed by atoms with Crippen molar-refractivity contribution in [2.45, 2.75) is 4.90 Å². The zero-order chi connectivity index (χ0) is 12.4. The van der Waals surface area contributed by atoms with E-state index in [0.29, 0.717) is 4.90 Å². The Hall–Kier alpha value is -2.01. The Balaban J connectivity index is 2.29. The first-order valence-corrected chi connectivity index (χ1v) is 5.56. The molecule has 2 N–H and O–H groups in total. The predicted molar refractivity (Wildman–Crippen MR) is 62.9 cm³/mol. The molecule has 0 fully saturated rings. The van der Waals surface area contributed by atoms with E-state index in [1.807, 2.05) is 0 Å². The quantitative estimate of drug-likeness (QED) is 0.616. The van der Waals surface area contributed by atoms with Crippen molar-refractivity contribution in [1.82, 2.24) is 0 Å². The number of phenolic OH excluding ortho intramolecular Hbond substituents is 2. The molecule has 0 atom stereocenters. The summed E-state index contributed by atoms with van der Waals surface area (Å²) in [7, 11) is 0. The van der Waals surface area contributed by atoms with E-state index in [1.165, 1.54) is 36.4 Å². The molecule has 17 heavy (non-hydrogen) atoms. The number of rotatable bonds is 2. The third-order valence-corrected chi connectivity index (χ3v) is 3.16. The molecule has 0 aliphatic heterocycles.